The third kappa shape index (κ3) is 4.82. The maximum atomic E-state index is 12.4. The second-order valence-corrected chi connectivity index (χ2v) is 6.02. The Balaban J connectivity index is 1.61. The van der Waals surface area contributed by atoms with E-state index in [0.29, 0.717) is 24.6 Å². The zero-order valence-corrected chi connectivity index (χ0v) is 15.4. The zero-order chi connectivity index (χ0) is 19.1. The lowest BCUT2D eigenvalue weighted by molar-refractivity contribution is 0.0949. The molecule has 2 aromatic carbocycles. The summed E-state index contributed by atoms with van der Waals surface area (Å²) in [6.45, 7) is 2.49. The molecular formula is C21H22N4O2. The van der Waals surface area contributed by atoms with E-state index in [1.165, 1.54) is 0 Å². The SMILES string of the molecule is COc1ccccc1CCNC(=O)c1ccnc(Nc2ccccc2C)n1. The number of ether oxygens (including phenoxy) is 1. The van der Waals surface area contributed by atoms with Crippen LogP contribution in [-0.4, -0.2) is 29.5 Å². The maximum absolute atomic E-state index is 12.4. The molecule has 0 bridgehead atoms. The molecular weight excluding hydrogens is 340 g/mol. The number of para-hydroxylation sites is 2. The van der Waals surface area contributed by atoms with Crippen LogP contribution in [0.4, 0.5) is 11.6 Å². The van der Waals surface area contributed by atoms with E-state index in [1.54, 1.807) is 19.4 Å². The number of hydrogen-bond donors (Lipinski definition) is 2. The van der Waals surface area contributed by atoms with Gasteiger partial charge in [0.15, 0.2) is 0 Å². The highest BCUT2D eigenvalue weighted by atomic mass is 16.5. The number of hydrogen-bond acceptors (Lipinski definition) is 5. The number of nitrogens with one attached hydrogen (secondary N) is 2. The molecule has 0 spiro atoms. The van der Waals surface area contributed by atoms with Crippen LogP contribution in [-0.2, 0) is 6.42 Å². The average molecular weight is 362 g/mol. The normalized spacial score (nSPS) is 10.3. The van der Waals surface area contributed by atoms with Gasteiger partial charge < -0.3 is 15.4 Å². The molecule has 6 nitrogen and oxygen atoms in total. The summed E-state index contributed by atoms with van der Waals surface area (Å²) in [7, 11) is 1.64. The first kappa shape index (κ1) is 18.4. The highest BCUT2D eigenvalue weighted by molar-refractivity contribution is 5.92. The molecule has 1 amide bonds. The minimum atomic E-state index is -0.236. The summed E-state index contributed by atoms with van der Waals surface area (Å²) < 4.78 is 5.33. The monoisotopic (exact) mass is 362 g/mol. The Morgan fingerprint density at radius 3 is 2.67 bits per heavy atom. The lowest BCUT2D eigenvalue weighted by atomic mass is 10.1. The van der Waals surface area contributed by atoms with E-state index in [1.807, 2.05) is 55.5 Å². The van der Waals surface area contributed by atoms with E-state index < -0.39 is 0 Å². The lowest BCUT2D eigenvalue weighted by Crippen LogP contribution is -2.26. The Labute approximate surface area is 158 Å². The molecule has 138 valence electrons. The first-order valence-corrected chi connectivity index (χ1v) is 8.73. The van der Waals surface area contributed by atoms with Crippen molar-refractivity contribution in [1.82, 2.24) is 15.3 Å². The third-order valence-electron chi connectivity index (χ3n) is 4.15. The molecule has 3 aromatic rings. The smallest absolute Gasteiger partial charge is 0.270 e. The first-order chi connectivity index (χ1) is 13.2. The van der Waals surface area contributed by atoms with Crippen molar-refractivity contribution in [1.29, 1.82) is 0 Å². The summed E-state index contributed by atoms with van der Waals surface area (Å²) in [5.74, 6) is 0.973. The number of methoxy groups -OCH3 is 1. The van der Waals surface area contributed by atoms with Gasteiger partial charge in [-0.3, -0.25) is 4.79 Å². The fourth-order valence-corrected chi connectivity index (χ4v) is 2.69. The highest BCUT2D eigenvalue weighted by Gasteiger charge is 2.10. The molecule has 0 atom stereocenters. The van der Waals surface area contributed by atoms with Crippen molar-refractivity contribution < 1.29 is 9.53 Å². The Kier molecular flexibility index (Phi) is 5.99. The van der Waals surface area contributed by atoms with Crippen LogP contribution in [0.3, 0.4) is 0 Å². The van der Waals surface area contributed by atoms with Crippen LogP contribution in [0, 0.1) is 6.92 Å². The van der Waals surface area contributed by atoms with Gasteiger partial charge >= 0.3 is 0 Å². The lowest BCUT2D eigenvalue weighted by Gasteiger charge is -2.10. The second kappa shape index (κ2) is 8.80. The highest BCUT2D eigenvalue weighted by Crippen LogP contribution is 2.18. The Bertz CT molecular complexity index is 927. The van der Waals surface area contributed by atoms with Crippen molar-refractivity contribution in [2.45, 2.75) is 13.3 Å². The summed E-state index contributed by atoms with van der Waals surface area (Å²) in [4.78, 5) is 20.9. The summed E-state index contributed by atoms with van der Waals surface area (Å²) in [5.41, 5.74) is 3.35. The maximum Gasteiger partial charge on any atom is 0.270 e. The zero-order valence-electron chi connectivity index (χ0n) is 15.4. The number of amides is 1. The Morgan fingerprint density at radius 1 is 1.07 bits per heavy atom. The number of carbonyl (C=O) groups excluding carboxylic acids is 1. The van der Waals surface area contributed by atoms with Gasteiger partial charge in [0.1, 0.15) is 11.4 Å². The van der Waals surface area contributed by atoms with Crippen molar-refractivity contribution in [2.24, 2.45) is 0 Å². The predicted molar refractivity (Wildman–Crippen MR) is 106 cm³/mol. The van der Waals surface area contributed by atoms with Gasteiger partial charge in [-0.15, -0.1) is 0 Å². The molecule has 0 saturated carbocycles. The summed E-state index contributed by atoms with van der Waals surface area (Å²) in [6.07, 6.45) is 2.25. The fraction of sp³-hybridized carbons (Fsp3) is 0.190. The number of aryl methyl sites for hydroxylation is 1. The predicted octanol–water partition coefficient (Wildman–Crippen LogP) is 3.51. The van der Waals surface area contributed by atoms with E-state index in [-0.39, 0.29) is 5.91 Å². The van der Waals surface area contributed by atoms with E-state index >= 15 is 0 Å². The van der Waals surface area contributed by atoms with Gasteiger partial charge in [-0.2, -0.15) is 0 Å². The van der Waals surface area contributed by atoms with Gasteiger partial charge in [0.05, 0.1) is 7.11 Å². The quantitative estimate of drug-likeness (QED) is 0.673. The van der Waals surface area contributed by atoms with Crippen molar-refractivity contribution in [3.8, 4) is 5.75 Å². The van der Waals surface area contributed by atoms with E-state index in [2.05, 4.69) is 20.6 Å². The van der Waals surface area contributed by atoms with Crippen LogP contribution in [0.5, 0.6) is 5.75 Å². The molecule has 1 aromatic heterocycles. The molecule has 0 aliphatic heterocycles. The van der Waals surface area contributed by atoms with Crippen LogP contribution in [0.25, 0.3) is 0 Å². The molecule has 0 unspecified atom stereocenters. The van der Waals surface area contributed by atoms with Crippen molar-refractivity contribution in [3.05, 3.63) is 77.6 Å². The van der Waals surface area contributed by atoms with E-state index in [4.69, 9.17) is 4.74 Å². The second-order valence-electron chi connectivity index (χ2n) is 6.02. The van der Waals surface area contributed by atoms with Crippen LogP contribution >= 0.6 is 0 Å². The van der Waals surface area contributed by atoms with Gasteiger partial charge in [-0.25, -0.2) is 9.97 Å². The molecule has 0 radical (unpaired) electrons. The minimum absolute atomic E-state index is 0.236. The molecule has 0 saturated heterocycles. The first-order valence-electron chi connectivity index (χ1n) is 8.73. The molecule has 0 fully saturated rings. The largest absolute Gasteiger partial charge is 0.496 e. The fourth-order valence-electron chi connectivity index (χ4n) is 2.69. The minimum Gasteiger partial charge on any atom is -0.496 e. The van der Waals surface area contributed by atoms with Crippen LogP contribution in [0.1, 0.15) is 21.6 Å². The molecule has 0 aliphatic rings. The van der Waals surface area contributed by atoms with Gasteiger partial charge in [0.2, 0.25) is 5.95 Å². The van der Waals surface area contributed by atoms with Crippen molar-refractivity contribution in [2.75, 3.05) is 19.0 Å². The van der Waals surface area contributed by atoms with Gasteiger partial charge in [-0.1, -0.05) is 36.4 Å². The van der Waals surface area contributed by atoms with Crippen LogP contribution in [0.2, 0.25) is 0 Å². The van der Waals surface area contributed by atoms with Crippen molar-refractivity contribution in [3.63, 3.8) is 0 Å². The number of aromatic nitrogens is 2. The van der Waals surface area contributed by atoms with Gasteiger partial charge in [0.25, 0.3) is 5.91 Å². The molecule has 3 rings (SSSR count). The molecule has 1 heterocycles. The topological polar surface area (TPSA) is 76.1 Å². The summed E-state index contributed by atoms with van der Waals surface area (Å²) >= 11 is 0. The summed E-state index contributed by atoms with van der Waals surface area (Å²) in [6, 6.07) is 17.2. The number of rotatable bonds is 7. The molecule has 2 N–H and O–H groups in total. The number of carbonyl (C=O) groups is 1. The number of nitrogens with zero attached hydrogens (tertiary/aromatic N) is 2. The van der Waals surface area contributed by atoms with Crippen molar-refractivity contribution >= 4 is 17.5 Å². The number of anilines is 2. The van der Waals surface area contributed by atoms with Crippen LogP contribution in [0.15, 0.2) is 60.8 Å². The summed E-state index contributed by atoms with van der Waals surface area (Å²) in [5, 5.41) is 6.03. The molecule has 0 aliphatic carbocycles. The molecule has 27 heavy (non-hydrogen) atoms. The third-order valence-corrected chi connectivity index (χ3v) is 4.15. The van der Waals surface area contributed by atoms with E-state index in [9.17, 15) is 4.79 Å². The molecule has 6 heteroatoms. The van der Waals surface area contributed by atoms with Gasteiger partial charge in [0, 0.05) is 18.4 Å². The van der Waals surface area contributed by atoms with Crippen LogP contribution < -0.4 is 15.4 Å². The Morgan fingerprint density at radius 2 is 1.85 bits per heavy atom. The van der Waals surface area contributed by atoms with Gasteiger partial charge in [-0.05, 0) is 42.7 Å². The number of benzene rings is 2. The average Bonchev–Trinajstić information content (AvgIpc) is 2.70. The van der Waals surface area contributed by atoms with E-state index in [0.717, 1.165) is 22.6 Å². The standard InChI is InChI=1S/C21H22N4O2/c1-15-7-3-5-9-17(15)24-21-23-14-12-18(25-21)20(26)22-13-11-16-8-4-6-10-19(16)27-2/h3-10,12,14H,11,13H2,1-2H3,(H,22,26)(H,23,24,25). The Hall–Kier alpha value is -3.41.